The maximum absolute atomic E-state index is 10.4. The van der Waals surface area contributed by atoms with Gasteiger partial charge in [-0.05, 0) is 59.7 Å². The van der Waals surface area contributed by atoms with Crippen LogP contribution in [0.15, 0.2) is 83.3 Å². The van der Waals surface area contributed by atoms with E-state index >= 15 is 0 Å². The predicted octanol–water partition coefficient (Wildman–Crippen LogP) is 6.28. The molecule has 0 unspecified atom stereocenters. The molecule has 0 spiro atoms. The molecule has 0 saturated heterocycles. The number of aromatic nitrogens is 1. The molecule has 1 aliphatic heterocycles. The van der Waals surface area contributed by atoms with Crippen molar-refractivity contribution in [3.8, 4) is 50.9 Å². The minimum Gasteiger partial charge on any atom is -0.507 e. The molecule has 1 aromatic heterocycles. The zero-order valence-electron chi connectivity index (χ0n) is 15.3. The molecule has 4 aromatic rings. The maximum atomic E-state index is 10.4. The Morgan fingerprint density at radius 3 is 2.28 bits per heavy atom. The number of hydrogen-bond acceptors (Lipinski definition) is 4. The Hall–Kier alpha value is -3.31. The van der Waals surface area contributed by atoms with Gasteiger partial charge in [0.15, 0.2) is 11.5 Å². The summed E-state index contributed by atoms with van der Waals surface area (Å²) in [5, 5.41) is 10.4. The van der Waals surface area contributed by atoms with Gasteiger partial charge in [-0.25, -0.2) is 4.98 Å². The lowest BCUT2D eigenvalue weighted by Gasteiger charge is -2.11. The Kier molecular flexibility index (Phi) is 4.45. The molecule has 0 fully saturated rings. The molecule has 142 valence electrons. The van der Waals surface area contributed by atoms with Gasteiger partial charge in [-0.3, -0.25) is 0 Å². The van der Waals surface area contributed by atoms with Crippen LogP contribution in [0.2, 0.25) is 0 Å². The van der Waals surface area contributed by atoms with Gasteiger partial charge in [0.25, 0.3) is 0 Å². The number of phenols is 1. The van der Waals surface area contributed by atoms with E-state index in [9.17, 15) is 5.11 Å². The van der Waals surface area contributed by atoms with Gasteiger partial charge in [0.2, 0.25) is 6.79 Å². The average Bonchev–Trinajstić information content (AvgIpc) is 3.22. The summed E-state index contributed by atoms with van der Waals surface area (Å²) in [6.07, 6.45) is 0. The summed E-state index contributed by atoms with van der Waals surface area (Å²) < 4.78 is 12.0. The molecule has 0 bridgehead atoms. The summed E-state index contributed by atoms with van der Waals surface area (Å²) in [7, 11) is 0. The fourth-order valence-electron chi connectivity index (χ4n) is 3.37. The Morgan fingerprint density at radius 2 is 1.45 bits per heavy atom. The van der Waals surface area contributed by atoms with Crippen molar-refractivity contribution in [3.63, 3.8) is 0 Å². The van der Waals surface area contributed by atoms with Crippen LogP contribution in [-0.4, -0.2) is 16.9 Å². The summed E-state index contributed by atoms with van der Waals surface area (Å²) in [5.74, 6) is 1.68. The first-order valence-corrected chi connectivity index (χ1v) is 9.93. The highest BCUT2D eigenvalue weighted by molar-refractivity contribution is 9.10. The van der Waals surface area contributed by atoms with E-state index in [-0.39, 0.29) is 12.5 Å². The lowest BCUT2D eigenvalue weighted by Crippen LogP contribution is -1.93. The molecular formula is C24H16BrNO3. The summed E-state index contributed by atoms with van der Waals surface area (Å²) in [6, 6.07) is 25.2. The third kappa shape index (κ3) is 3.45. The van der Waals surface area contributed by atoms with E-state index in [2.05, 4.69) is 15.9 Å². The number of pyridine rings is 1. The molecule has 1 aliphatic rings. The number of para-hydroxylation sites is 1. The zero-order chi connectivity index (χ0) is 19.8. The van der Waals surface area contributed by atoms with E-state index in [1.54, 1.807) is 12.1 Å². The number of benzene rings is 3. The Labute approximate surface area is 176 Å². The van der Waals surface area contributed by atoms with E-state index in [1.165, 1.54) is 0 Å². The van der Waals surface area contributed by atoms with Crippen LogP contribution in [0.4, 0.5) is 0 Å². The molecule has 0 radical (unpaired) electrons. The van der Waals surface area contributed by atoms with E-state index in [0.29, 0.717) is 11.3 Å². The highest BCUT2D eigenvalue weighted by atomic mass is 79.9. The van der Waals surface area contributed by atoms with Crippen LogP contribution in [0, 0.1) is 0 Å². The molecule has 3 aromatic carbocycles. The summed E-state index contributed by atoms with van der Waals surface area (Å²) in [4.78, 5) is 4.83. The minimum atomic E-state index is 0.199. The smallest absolute Gasteiger partial charge is 0.231 e. The molecule has 0 amide bonds. The SMILES string of the molecule is Oc1ccccc1-c1cc(-c2ccc3c(c2)OCO3)cc(-c2ccc(Br)cc2)n1. The predicted molar refractivity (Wildman–Crippen MR) is 116 cm³/mol. The Balaban J connectivity index is 1.70. The van der Waals surface area contributed by atoms with Gasteiger partial charge in [-0.1, -0.05) is 46.3 Å². The molecule has 1 N–H and O–H groups in total. The number of halogens is 1. The van der Waals surface area contributed by atoms with Gasteiger partial charge in [0.1, 0.15) is 5.75 Å². The molecule has 4 nitrogen and oxygen atoms in total. The zero-order valence-corrected chi connectivity index (χ0v) is 16.9. The van der Waals surface area contributed by atoms with Crippen LogP contribution in [0.3, 0.4) is 0 Å². The van der Waals surface area contributed by atoms with Crippen LogP contribution in [0.5, 0.6) is 17.2 Å². The van der Waals surface area contributed by atoms with Crippen LogP contribution < -0.4 is 9.47 Å². The van der Waals surface area contributed by atoms with Crippen LogP contribution in [0.25, 0.3) is 33.6 Å². The van der Waals surface area contributed by atoms with Crippen molar-refractivity contribution in [2.45, 2.75) is 0 Å². The monoisotopic (exact) mass is 445 g/mol. The Bertz CT molecular complexity index is 1210. The maximum Gasteiger partial charge on any atom is 0.231 e. The number of hydrogen-bond donors (Lipinski definition) is 1. The number of rotatable bonds is 3. The molecule has 2 heterocycles. The third-order valence-electron chi connectivity index (χ3n) is 4.85. The van der Waals surface area contributed by atoms with E-state index in [0.717, 1.165) is 38.4 Å². The molecule has 0 aliphatic carbocycles. The second kappa shape index (κ2) is 7.26. The second-order valence-corrected chi connectivity index (χ2v) is 7.63. The van der Waals surface area contributed by atoms with Crippen molar-refractivity contribution >= 4 is 15.9 Å². The van der Waals surface area contributed by atoms with Crippen molar-refractivity contribution in [2.24, 2.45) is 0 Å². The first-order chi connectivity index (χ1) is 14.2. The van der Waals surface area contributed by atoms with Gasteiger partial charge >= 0.3 is 0 Å². The lowest BCUT2D eigenvalue weighted by atomic mass is 9.99. The summed E-state index contributed by atoms with van der Waals surface area (Å²) >= 11 is 3.48. The highest BCUT2D eigenvalue weighted by Gasteiger charge is 2.16. The lowest BCUT2D eigenvalue weighted by molar-refractivity contribution is 0.174. The van der Waals surface area contributed by atoms with Crippen molar-refractivity contribution in [3.05, 3.63) is 83.3 Å². The number of ether oxygens (including phenoxy) is 2. The first kappa shape index (κ1) is 17.8. The van der Waals surface area contributed by atoms with Crippen molar-refractivity contribution in [2.75, 3.05) is 6.79 Å². The quantitative estimate of drug-likeness (QED) is 0.403. The fraction of sp³-hybridized carbons (Fsp3) is 0.0417. The van der Waals surface area contributed by atoms with Gasteiger partial charge in [0, 0.05) is 15.6 Å². The highest BCUT2D eigenvalue weighted by Crippen LogP contribution is 2.38. The molecule has 5 heteroatoms. The van der Waals surface area contributed by atoms with E-state index in [1.807, 2.05) is 66.7 Å². The van der Waals surface area contributed by atoms with E-state index in [4.69, 9.17) is 14.5 Å². The molecule has 5 rings (SSSR count). The Morgan fingerprint density at radius 1 is 0.724 bits per heavy atom. The number of nitrogens with zero attached hydrogens (tertiary/aromatic N) is 1. The van der Waals surface area contributed by atoms with Gasteiger partial charge in [-0.2, -0.15) is 0 Å². The van der Waals surface area contributed by atoms with Crippen LogP contribution >= 0.6 is 15.9 Å². The van der Waals surface area contributed by atoms with Crippen molar-refractivity contribution < 1.29 is 14.6 Å². The van der Waals surface area contributed by atoms with Gasteiger partial charge < -0.3 is 14.6 Å². The fourth-order valence-corrected chi connectivity index (χ4v) is 3.63. The number of aromatic hydroxyl groups is 1. The van der Waals surface area contributed by atoms with Crippen molar-refractivity contribution in [1.29, 1.82) is 0 Å². The molecule has 0 saturated carbocycles. The minimum absolute atomic E-state index is 0.199. The van der Waals surface area contributed by atoms with Gasteiger partial charge in [0.05, 0.1) is 11.4 Å². The topological polar surface area (TPSA) is 51.6 Å². The number of fused-ring (bicyclic) bond motifs is 1. The van der Waals surface area contributed by atoms with Crippen LogP contribution in [-0.2, 0) is 0 Å². The largest absolute Gasteiger partial charge is 0.507 e. The second-order valence-electron chi connectivity index (χ2n) is 6.72. The molecule has 29 heavy (non-hydrogen) atoms. The van der Waals surface area contributed by atoms with Gasteiger partial charge in [-0.15, -0.1) is 0 Å². The molecular weight excluding hydrogens is 430 g/mol. The van der Waals surface area contributed by atoms with Crippen molar-refractivity contribution in [1.82, 2.24) is 4.98 Å². The summed E-state index contributed by atoms with van der Waals surface area (Å²) in [6.45, 7) is 0.239. The third-order valence-corrected chi connectivity index (χ3v) is 5.38. The standard InChI is InChI=1S/C24H16BrNO3/c25-18-8-5-15(6-9-18)20-11-17(16-7-10-23-24(13-16)29-14-28-23)12-21(26-20)19-3-1-2-4-22(19)27/h1-13,27H,14H2. The summed E-state index contributed by atoms with van der Waals surface area (Å²) in [5.41, 5.74) is 5.18. The van der Waals surface area contributed by atoms with Crippen LogP contribution in [0.1, 0.15) is 0 Å². The normalized spacial score (nSPS) is 12.2. The molecule has 0 atom stereocenters. The number of phenolic OH excluding ortho intramolecular Hbond substituents is 1. The average molecular weight is 446 g/mol. The van der Waals surface area contributed by atoms with E-state index < -0.39 is 0 Å². The first-order valence-electron chi connectivity index (χ1n) is 9.14.